The van der Waals surface area contributed by atoms with Crippen molar-refractivity contribution in [2.75, 3.05) is 25.0 Å². The smallest absolute Gasteiger partial charge is 0.296 e. The fourth-order valence-electron chi connectivity index (χ4n) is 4.57. The van der Waals surface area contributed by atoms with E-state index in [-0.39, 0.29) is 35.8 Å². The predicted octanol–water partition coefficient (Wildman–Crippen LogP) is 4.44. The van der Waals surface area contributed by atoms with E-state index in [1.807, 2.05) is 26.0 Å². The van der Waals surface area contributed by atoms with Gasteiger partial charge in [0.25, 0.3) is 11.6 Å². The summed E-state index contributed by atoms with van der Waals surface area (Å²) >= 11 is 0. The largest absolute Gasteiger partial charge is 0.488 e. The van der Waals surface area contributed by atoms with Crippen molar-refractivity contribution < 1.29 is 24.3 Å². The number of pyridine rings is 1. The number of carbonyl (C=O) groups excluding carboxylic acids is 1. The zero-order valence-corrected chi connectivity index (χ0v) is 23.3. The fourth-order valence-corrected chi connectivity index (χ4v) is 4.57. The quantitative estimate of drug-likeness (QED) is 0.155. The van der Waals surface area contributed by atoms with Gasteiger partial charge in [0.15, 0.2) is 5.69 Å². The summed E-state index contributed by atoms with van der Waals surface area (Å²) < 4.78 is 11.6. The van der Waals surface area contributed by atoms with Gasteiger partial charge in [-0.05, 0) is 74.9 Å². The second-order valence-electron chi connectivity index (χ2n) is 11.0. The number of nitro benzene ring substituents is 1. The van der Waals surface area contributed by atoms with Gasteiger partial charge in [-0.1, -0.05) is 24.6 Å². The molecule has 11 heteroatoms. The number of nitro groups is 1. The van der Waals surface area contributed by atoms with E-state index in [9.17, 15) is 20.0 Å². The first-order chi connectivity index (χ1) is 19.6. The van der Waals surface area contributed by atoms with Gasteiger partial charge in [-0.15, -0.1) is 0 Å². The SMILES string of the molecule is CC(C)(Cc1ccc(Oc2ncccc2C(N)=O)cc1)NC[C@H](O)COc1cccc([N+](=O)[O-])c1NCC1CCC1. The number of hydrogen-bond donors (Lipinski definition) is 4. The Morgan fingerprint density at radius 1 is 1.20 bits per heavy atom. The zero-order chi connectivity index (χ0) is 29.4. The molecule has 0 radical (unpaired) electrons. The van der Waals surface area contributed by atoms with Crippen molar-refractivity contribution in [3.63, 3.8) is 0 Å². The van der Waals surface area contributed by atoms with Gasteiger partial charge in [0.05, 0.1) is 4.92 Å². The van der Waals surface area contributed by atoms with Crippen LogP contribution in [0.2, 0.25) is 0 Å². The molecule has 11 nitrogen and oxygen atoms in total. The number of aromatic nitrogens is 1. The average Bonchev–Trinajstić information content (AvgIpc) is 2.91. The molecule has 3 aromatic rings. The van der Waals surface area contributed by atoms with Crippen molar-refractivity contribution in [2.24, 2.45) is 11.7 Å². The van der Waals surface area contributed by atoms with Crippen LogP contribution in [0.4, 0.5) is 11.4 Å². The molecule has 2 aromatic carbocycles. The van der Waals surface area contributed by atoms with Crippen molar-refractivity contribution >= 4 is 17.3 Å². The fraction of sp³-hybridized carbons (Fsp3) is 0.400. The molecule has 41 heavy (non-hydrogen) atoms. The van der Waals surface area contributed by atoms with Crippen LogP contribution in [0.25, 0.3) is 0 Å². The van der Waals surface area contributed by atoms with Crippen molar-refractivity contribution in [3.05, 3.63) is 82.0 Å². The molecule has 0 aliphatic heterocycles. The number of para-hydroxylation sites is 1. The van der Waals surface area contributed by atoms with Crippen LogP contribution in [0.5, 0.6) is 17.4 Å². The van der Waals surface area contributed by atoms with Gasteiger partial charge in [-0.3, -0.25) is 14.9 Å². The Labute approximate surface area is 239 Å². The molecule has 218 valence electrons. The third-order valence-corrected chi connectivity index (χ3v) is 7.06. The number of ether oxygens (including phenoxy) is 2. The molecule has 0 spiro atoms. The monoisotopic (exact) mass is 563 g/mol. The summed E-state index contributed by atoms with van der Waals surface area (Å²) in [6.07, 6.45) is 4.78. The zero-order valence-electron chi connectivity index (χ0n) is 23.3. The van der Waals surface area contributed by atoms with Crippen LogP contribution in [0.15, 0.2) is 60.8 Å². The highest BCUT2D eigenvalue weighted by Crippen LogP contribution is 2.36. The number of nitrogens with one attached hydrogen (secondary N) is 2. The number of aliphatic hydroxyl groups excluding tert-OH is 1. The number of β-amino-alcohol motifs (C(OH)–C–C–N with tert-alkyl or cyclic N) is 1. The molecule has 5 N–H and O–H groups in total. The molecule has 4 rings (SSSR count). The molecule has 1 saturated carbocycles. The molecule has 0 saturated heterocycles. The molecule has 1 aromatic heterocycles. The van der Waals surface area contributed by atoms with Crippen LogP contribution in [-0.2, 0) is 6.42 Å². The first-order valence-corrected chi connectivity index (χ1v) is 13.7. The first kappa shape index (κ1) is 29.8. The Balaban J connectivity index is 1.28. The molecule has 1 fully saturated rings. The van der Waals surface area contributed by atoms with Crippen LogP contribution in [0, 0.1) is 16.0 Å². The molecule has 1 atom stereocenters. The van der Waals surface area contributed by atoms with Gasteiger partial charge < -0.3 is 30.9 Å². The van der Waals surface area contributed by atoms with Gasteiger partial charge in [0, 0.05) is 30.9 Å². The Kier molecular flexibility index (Phi) is 9.74. The lowest BCUT2D eigenvalue weighted by Gasteiger charge is -2.28. The number of hydrogen-bond acceptors (Lipinski definition) is 9. The first-order valence-electron chi connectivity index (χ1n) is 13.7. The number of nitrogens with zero attached hydrogens (tertiary/aromatic N) is 2. The average molecular weight is 564 g/mol. The third kappa shape index (κ3) is 8.38. The van der Waals surface area contributed by atoms with Crippen LogP contribution in [0.1, 0.15) is 49.0 Å². The van der Waals surface area contributed by atoms with Gasteiger partial charge >= 0.3 is 0 Å². The second-order valence-corrected chi connectivity index (χ2v) is 11.0. The summed E-state index contributed by atoms with van der Waals surface area (Å²) in [6.45, 7) is 4.96. The van der Waals surface area contributed by atoms with Crippen LogP contribution < -0.4 is 25.8 Å². The lowest BCUT2D eigenvalue weighted by molar-refractivity contribution is -0.384. The minimum Gasteiger partial charge on any atom is -0.488 e. The number of aliphatic hydroxyl groups is 1. The molecule has 0 bridgehead atoms. The molecular formula is C30H37N5O6. The van der Waals surface area contributed by atoms with Crippen molar-refractivity contribution in [3.8, 4) is 17.4 Å². The molecular weight excluding hydrogens is 526 g/mol. The number of anilines is 1. The van der Waals surface area contributed by atoms with E-state index in [0.717, 1.165) is 18.4 Å². The van der Waals surface area contributed by atoms with Crippen LogP contribution in [0.3, 0.4) is 0 Å². The number of carbonyl (C=O) groups is 1. The standard InChI is InChI=1S/C30H37N5O6/c1-30(2,16-20-11-13-23(14-12-20)41-29-24(28(31)37)8-5-15-32-29)34-18-22(36)19-40-26-10-4-9-25(35(38)39)27(26)33-17-21-6-3-7-21/h4-5,8-15,21-22,33-34,36H,3,6-7,16-19H2,1-2H3,(H2,31,37)/t22-/m0/s1. The second kappa shape index (κ2) is 13.4. The maximum absolute atomic E-state index is 11.6. The highest BCUT2D eigenvalue weighted by Gasteiger charge is 2.24. The van der Waals surface area contributed by atoms with E-state index in [2.05, 4.69) is 15.6 Å². The van der Waals surface area contributed by atoms with Crippen molar-refractivity contribution in [2.45, 2.75) is 51.2 Å². The molecule has 1 amide bonds. The molecule has 1 heterocycles. The topological polar surface area (TPSA) is 162 Å². The van der Waals surface area contributed by atoms with E-state index in [0.29, 0.717) is 36.1 Å². The lowest BCUT2D eigenvalue weighted by atomic mass is 9.85. The minimum atomic E-state index is -0.832. The number of amides is 1. The molecule has 1 aliphatic rings. The summed E-state index contributed by atoms with van der Waals surface area (Å²) in [5.74, 6) is 0.927. The highest BCUT2D eigenvalue weighted by molar-refractivity contribution is 5.95. The van der Waals surface area contributed by atoms with E-state index >= 15 is 0 Å². The maximum atomic E-state index is 11.6. The van der Waals surface area contributed by atoms with Gasteiger partial charge in [0.1, 0.15) is 29.8 Å². The van der Waals surface area contributed by atoms with Crippen molar-refractivity contribution in [1.29, 1.82) is 0 Å². The van der Waals surface area contributed by atoms with Gasteiger partial charge in [-0.2, -0.15) is 0 Å². The molecule has 1 aliphatic carbocycles. The number of nitrogens with two attached hydrogens (primary N) is 1. The van der Waals surface area contributed by atoms with Crippen LogP contribution >= 0.6 is 0 Å². The van der Waals surface area contributed by atoms with E-state index in [1.54, 1.807) is 36.4 Å². The number of rotatable bonds is 15. The minimum absolute atomic E-state index is 0.0186. The van der Waals surface area contributed by atoms with Gasteiger partial charge in [-0.25, -0.2) is 4.98 Å². The number of primary amides is 1. The molecule has 0 unspecified atom stereocenters. The van der Waals surface area contributed by atoms with E-state index < -0.39 is 16.9 Å². The van der Waals surface area contributed by atoms with Crippen LogP contribution in [-0.4, -0.2) is 52.3 Å². The Bertz CT molecular complexity index is 1340. The summed E-state index contributed by atoms with van der Waals surface area (Å²) in [5.41, 5.74) is 6.59. The third-order valence-electron chi connectivity index (χ3n) is 7.06. The summed E-state index contributed by atoms with van der Waals surface area (Å²) in [7, 11) is 0. The summed E-state index contributed by atoms with van der Waals surface area (Å²) in [5, 5.41) is 28.8. The maximum Gasteiger partial charge on any atom is 0.296 e. The van der Waals surface area contributed by atoms with E-state index in [1.165, 1.54) is 18.7 Å². The number of benzene rings is 2. The van der Waals surface area contributed by atoms with E-state index in [4.69, 9.17) is 15.2 Å². The predicted molar refractivity (Wildman–Crippen MR) is 155 cm³/mol. The normalized spacial score (nSPS) is 14.1. The summed E-state index contributed by atoms with van der Waals surface area (Å²) in [4.78, 5) is 26.8. The Morgan fingerprint density at radius 3 is 2.61 bits per heavy atom. The lowest BCUT2D eigenvalue weighted by Crippen LogP contribution is -2.46. The van der Waals surface area contributed by atoms with Gasteiger partial charge in [0.2, 0.25) is 5.88 Å². The van der Waals surface area contributed by atoms with Crippen molar-refractivity contribution in [1.82, 2.24) is 10.3 Å². The Morgan fingerprint density at radius 2 is 1.95 bits per heavy atom. The highest BCUT2D eigenvalue weighted by atomic mass is 16.6. The summed E-state index contributed by atoms with van der Waals surface area (Å²) in [6, 6.07) is 15.3. The Hall–Kier alpha value is -4.22.